The Morgan fingerprint density at radius 1 is 1.29 bits per heavy atom. The molecule has 9 heteroatoms. The summed E-state index contributed by atoms with van der Waals surface area (Å²) < 4.78 is 9.88. The van der Waals surface area contributed by atoms with Gasteiger partial charge in [0.25, 0.3) is 0 Å². The third-order valence-corrected chi connectivity index (χ3v) is 6.34. The molecule has 6 rings (SSSR count). The highest BCUT2D eigenvalue weighted by molar-refractivity contribution is 6.28. The van der Waals surface area contributed by atoms with Crippen molar-refractivity contribution in [3.63, 3.8) is 0 Å². The van der Waals surface area contributed by atoms with Gasteiger partial charge >= 0.3 is 5.97 Å². The second kappa shape index (κ2) is 6.95. The van der Waals surface area contributed by atoms with Crippen molar-refractivity contribution in [3.05, 3.63) is 41.3 Å². The number of rotatable bonds is 5. The molecule has 158 valence electrons. The SMILES string of the molecule is O=C(O)[C@@H](Cc1cc2c3c(c1)nc(-c1ccc4nc(Cl)nn4c1)n3CCCO2)C1CC1. The summed E-state index contributed by atoms with van der Waals surface area (Å²) in [5, 5.41) is 14.1. The Kier molecular flexibility index (Phi) is 4.17. The molecule has 0 saturated heterocycles. The Morgan fingerprint density at radius 2 is 2.16 bits per heavy atom. The predicted molar refractivity (Wildman–Crippen MR) is 114 cm³/mol. The van der Waals surface area contributed by atoms with Gasteiger partial charge in [0.05, 0.1) is 18.0 Å². The maximum atomic E-state index is 11.7. The van der Waals surface area contributed by atoms with Crippen LogP contribution in [0, 0.1) is 11.8 Å². The molecule has 8 nitrogen and oxygen atoms in total. The first-order chi connectivity index (χ1) is 15.1. The van der Waals surface area contributed by atoms with Crippen molar-refractivity contribution < 1.29 is 14.6 Å². The molecule has 0 radical (unpaired) electrons. The number of ether oxygens (including phenoxy) is 1. The van der Waals surface area contributed by atoms with Crippen LogP contribution in [0.2, 0.25) is 5.28 Å². The van der Waals surface area contributed by atoms with Crippen LogP contribution in [0.1, 0.15) is 24.8 Å². The number of carboxylic acid groups (broad SMARTS) is 1. The van der Waals surface area contributed by atoms with Gasteiger partial charge in [-0.15, -0.1) is 5.10 Å². The molecule has 0 bridgehead atoms. The quantitative estimate of drug-likeness (QED) is 0.509. The minimum absolute atomic E-state index is 0.201. The van der Waals surface area contributed by atoms with Gasteiger partial charge in [-0.05, 0) is 73.0 Å². The summed E-state index contributed by atoms with van der Waals surface area (Å²) in [6.45, 7) is 1.40. The van der Waals surface area contributed by atoms with Crippen LogP contribution in [-0.4, -0.2) is 41.8 Å². The molecule has 1 aliphatic carbocycles. The summed E-state index contributed by atoms with van der Waals surface area (Å²) >= 11 is 5.94. The number of hydrogen-bond acceptors (Lipinski definition) is 5. The van der Waals surface area contributed by atoms with Crippen LogP contribution in [0.5, 0.6) is 5.75 Å². The highest BCUT2D eigenvalue weighted by atomic mass is 35.5. The van der Waals surface area contributed by atoms with Crippen LogP contribution in [-0.2, 0) is 17.8 Å². The normalized spacial score (nSPS) is 16.9. The minimum Gasteiger partial charge on any atom is -0.491 e. The summed E-state index contributed by atoms with van der Waals surface area (Å²) in [6.07, 6.45) is 5.22. The first-order valence-electron chi connectivity index (χ1n) is 10.5. The van der Waals surface area contributed by atoms with Crippen LogP contribution in [0.3, 0.4) is 0 Å². The Hall–Kier alpha value is -3.13. The standard InChI is InChI=1S/C22H20ClN5O3/c23-22-25-18-5-4-14(11-28(18)26-22)20-24-16-9-12(8-15(21(29)30)13-2-3-13)10-17-19(16)27(20)6-1-7-31-17/h4-5,9-11,13,15H,1-3,6-8H2,(H,29,30)/t15-/m0/s1. The zero-order valence-corrected chi connectivity index (χ0v) is 17.4. The number of imidazole rings is 1. The molecule has 2 aliphatic rings. The van der Waals surface area contributed by atoms with E-state index in [1.807, 2.05) is 30.5 Å². The number of aryl methyl sites for hydroxylation is 1. The number of pyridine rings is 1. The number of hydrogen-bond donors (Lipinski definition) is 1. The summed E-state index contributed by atoms with van der Waals surface area (Å²) in [7, 11) is 0. The van der Waals surface area contributed by atoms with Gasteiger partial charge in [0.1, 0.15) is 17.1 Å². The number of carbonyl (C=O) groups is 1. The molecule has 31 heavy (non-hydrogen) atoms. The number of benzene rings is 1. The van der Waals surface area contributed by atoms with Gasteiger partial charge in [-0.2, -0.15) is 4.98 Å². The summed E-state index contributed by atoms with van der Waals surface area (Å²) in [4.78, 5) is 20.8. The molecule has 4 heterocycles. The highest BCUT2D eigenvalue weighted by Gasteiger charge is 2.36. The van der Waals surface area contributed by atoms with Gasteiger partial charge in [0.2, 0.25) is 5.28 Å². The summed E-state index contributed by atoms with van der Waals surface area (Å²) in [5.41, 5.74) is 4.30. The predicted octanol–water partition coefficient (Wildman–Crippen LogP) is 3.84. The largest absolute Gasteiger partial charge is 0.491 e. The van der Waals surface area contributed by atoms with Crippen LogP contribution >= 0.6 is 11.6 Å². The van der Waals surface area contributed by atoms with Crippen molar-refractivity contribution in [3.8, 4) is 17.1 Å². The molecule has 1 aliphatic heterocycles. The topological polar surface area (TPSA) is 94.5 Å². The average Bonchev–Trinajstić information content (AvgIpc) is 3.45. The monoisotopic (exact) mass is 437 g/mol. The molecule has 1 saturated carbocycles. The van der Waals surface area contributed by atoms with Crippen LogP contribution in [0.4, 0.5) is 0 Å². The molecule has 1 fully saturated rings. The summed E-state index contributed by atoms with van der Waals surface area (Å²) in [6, 6.07) is 7.84. The fourth-order valence-electron chi connectivity index (χ4n) is 4.55. The number of carboxylic acids is 1. The van der Waals surface area contributed by atoms with Gasteiger partial charge in [-0.3, -0.25) is 4.79 Å². The van der Waals surface area contributed by atoms with E-state index in [0.717, 1.165) is 59.5 Å². The second-order valence-corrected chi connectivity index (χ2v) is 8.68. The second-order valence-electron chi connectivity index (χ2n) is 8.34. The van der Waals surface area contributed by atoms with Crippen molar-refractivity contribution in [2.45, 2.75) is 32.2 Å². The third kappa shape index (κ3) is 3.22. The van der Waals surface area contributed by atoms with E-state index >= 15 is 0 Å². The summed E-state index contributed by atoms with van der Waals surface area (Å²) in [5.74, 6) is 0.803. The fourth-order valence-corrected chi connectivity index (χ4v) is 4.72. The number of halogens is 1. The Balaban J connectivity index is 1.48. The van der Waals surface area contributed by atoms with E-state index in [1.165, 1.54) is 0 Å². The third-order valence-electron chi connectivity index (χ3n) is 6.18. The first-order valence-corrected chi connectivity index (χ1v) is 10.9. The van der Waals surface area contributed by atoms with Crippen LogP contribution in [0.25, 0.3) is 28.1 Å². The van der Waals surface area contributed by atoms with Crippen LogP contribution in [0.15, 0.2) is 30.5 Å². The molecule has 1 N–H and O–H groups in total. The molecule has 1 aromatic carbocycles. The van der Waals surface area contributed by atoms with Gasteiger partial charge < -0.3 is 14.4 Å². The highest BCUT2D eigenvalue weighted by Crippen LogP contribution is 2.40. The van der Waals surface area contributed by atoms with E-state index < -0.39 is 5.97 Å². The molecule has 1 atom stereocenters. The molecule has 4 aromatic rings. The molecular formula is C22H20ClN5O3. The molecule has 0 spiro atoms. The number of fused-ring (bicyclic) bond motifs is 1. The lowest BCUT2D eigenvalue weighted by molar-refractivity contribution is -0.142. The maximum absolute atomic E-state index is 11.7. The van der Waals surface area contributed by atoms with Crippen molar-refractivity contribution >= 4 is 34.3 Å². The van der Waals surface area contributed by atoms with E-state index in [4.69, 9.17) is 21.3 Å². The number of aliphatic carboxylic acids is 1. The van der Waals surface area contributed by atoms with E-state index in [2.05, 4.69) is 14.6 Å². The lowest BCUT2D eigenvalue weighted by Crippen LogP contribution is -2.18. The lowest BCUT2D eigenvalue weighted by Gasteiger charge is -2.13. The zero-order chi connectivity index (χ0) is 21.1. The van der Waals surface area contributed by atoms with Crippen molar-refractivity contribution in [1.29, 1.82) is 0 Å². The van der Waals surface area contributed by atoms with Gasteiger partial charge in [-0.1, -0.05) is 0 Å². The fraction of sp³-hybridized carbons (Fsp3) is 0.364. The minimum atomic E-state index is -0.722. The smallest absolute Gasteiger partial charge is 0.307 e. The first kappa shape index (κ1) is 18.6. The number of aromatic nitrogens is 5. The Bertz CT molecular complexity index is 1340. The molecule has 0 amide bonds. The average molecular weight is 438 g/mol. The van der Waals surface area contributed by atoms with Gasteiger partial charge in [-0.25, -0.2) is 9.50 Å². The molecule has 3 aromatic heterocycles. The molecule has 0 unspecified atom stereocenters. The van der Waals surface area contributed by atoms with Crippen molar-refractivity contribution in [1.82, 2.24) is 24.1 Å². The maximum Gasteiger partial charge on any atom is 0.307 e. The zero-order valence-electron chi connectivity index (χ0n) is 16.7. The van der Waals surface area contributed by atoms with Gasteiger partial charge in [0, 0.05) is 18.3 Å². The Morgan fingerprint density at radius 3 is 2.97 bits per heavy atom. The Labute approximate surface area is 182 Å². The van der Waals surface area contributed by atoms with E-state index in [1.54, 1.807) is 4.52 Å². The van der Waals surface area contributed by atoms with E-state index in [9.17, 15) is 9.90 Å². The lowest BCUT2D eigenvalue weighted by atomic mass is 9.94. The van der Waals surface area contributed by atoms with E-state index in [-0.39, 0.29) is 17.1 Å². The molecular weight excluding hydrogens is 418 g/mol. The van der Waals surface area contributed by atoms with Gasteiger partial charge in [0.15, 0.2) is 5.65 Å². The van der Waals surface area contributed by atoms with Crippen LogP contribution < -0.4 is 4.74 Å². The van der Waals surface area contributed by atoms with Crippen molar-refractivity contribution in [2.75, 3.05) is 6.61 Å². The van der Waals surface area contributed by atoms with Crippen molar-refractivity contribution in [2.24, 2.45) is 11.8 Å². The van der Waals surface area contributed by atoms with E-state index in [0.29, 0.717) is 18.7 Å². The number of nitrogens with zero attached hydrogens (tertiary/aromatic N) is 5.